The van der Waals surface area contributed by atoms with E-state index in [1.807, 2.05) is 23.1 Å². The second-order valence-corrected chi connectivity index (χ2v) is 6.61. The van der Waals surface area contributed by atoms with Gasteiger partial charge in [0.05, 0.1) is 0 Å². The Balaban J connectivity index is 1.65. The van der Waals surface area contributed by atoms with E-state index >= 15 is 0 Å². The predicted molar refractivity (Wildman–Crippen MR) is 80.7 cm³/mol. The molecule has 1 aromatic rings. The van der Waals surface area contributed by atoms with Gasteiger partial charge in [0.15, 0.2) is 0 Å². The largest absolute Gasteiger partial charge is 0.340 e. The first-order chi connectivity index (χ1) is 9.56. The smallest absolute Gasteiger partial charge is 0.226 e. The average molecular weight is 293 g/mol. The molecule has 0 radical (unpaired) electrons. The van der Waals surface area contributed by atoms with Crippen molar-refractivity contribution in [3.8, 4) is 0 Å². The molecule has 1 saturated carbocycles. The maximum absolute atomic E-state index is 12.6. The topological polar surface area (TPSA) is 46.3 Å². The molecule has 3 nitrogen and oxygen atoms in total. The number of likely N-dealkylation sites (tertiary alicyclic amines) is 1. The molecule has 108 valence electrons. The van der Waals surface area contributed by atoms with Crippen LogP contribution in [0.4, 0.5) is 0 Å². The van der Waals surface area contributed by atoms with Crippen LogP contribution in [0.25, 0.3) is 0 Å². The van der Waals surface area contributed by atoms with Gasteiger partial charge in [-0.2, -0.15) is 0 Å². The fraction of sp³-hybridized carbons (Fsp3) is 0.562. The Hall–Kier alpha value is -1.06. The lowest BCUT2D eigenvalue weighted by Gasteiger charge is -2.36. The number of carbonyl (C=O) groups is 1. The van der Waals surface area contributed by atoms with Gasteiger partial charge in [-0.15, -0.1) is 0 Å². The fourth-order valence-electron chi connectivity index (χ4n) is 3.32. The van der Waals surface area contributed by atoms with Gasteiger partial charge in [-0.05, 0) is 49.8 Å². The summed E-state index contributed by atoms with van der Waals surface area (Å²) in [5, 5.41) is 0.748. The Kier molecular flexibility index (Phi) is 3.74. The van der Waals surface area contributed by atoms with Crippen molar-refractivity contribution in [2.24, 2.45) is 11.7 Å². The van der Waals surface area contributed by atoms with E-state index in [9.17, 15) is 4.79 Å². The van der Waals surface area contributed by atoms with E-state index in [4.69, 9.17) is 17.3 Å². The summed E-state index contributed by atoms with van der Waals surface area (Å²) in [5.74, 6) is 0.795. The van der Waals surface area contributed by atoms with Crippen LogP contribution in [0, 0.1) is 5.92 Å². The monoisotopic (exact) mass is 292 g/mol. The van der Waals surface area contributed by atoms with Crippen LogP contribution in [0.2, 0.25) is 5.02 Å². The molecular formula is C16H21ClN2O. The van der Waals surface area contributed by atoms with Crippen molar-refractivity contribution in [3.63, 3.8) is 0 Å². The second-order valence-electron chi connectivity index (χ2n) is 6.17. The van der Waals surface area contributed by atoms with Crippen molar-refractivity contribution < 1.29 is 4.79 Å². The average Bonchev–Trinajstić information content (AvgIpc) is 3.18. The Morgan fingerprint density at radius 2 is 2.20 bits per heavy atom. The van der Waals surface area contributed by atoms with E-state index in [2.05, 4.69) is 13.0 Å². The third-order valence-electron chi connectivity index (χ3n) is 4.58. The van der Waals surface area contributed by atoms with Gasteiger partial charge in [-0.1, -0.05) is 23.7 Å². The summed E-state index contributed by atoms with van der Waals surface area (Å²) in [4.78, 5) is 14.6. The number of benzene rings is 1. The summed E-state index contributed by atoms with van der Waals surface area (Å²) in [6, 6.07) is 8.40. The number of amides is 1. The predicted octanol–water partition coefficient (Wildman–Crippen LogP) is 2.78. The molecule has 0 bridgehead atoms. The SMILES string of the molecule is C[C@@H]1C[C@H](N)CCN1C(=O)[C@H]1C[C@H]1c1cccc(Cl)c1. The minimum atomic E-state index is 0.144. The summed E-state index contributed by atoms with van der Waals surface area (Å²) in [5.41, 5.74) is 7.15. The van der Waals surface area contributed by atoms with Crippen molar-refractivity contribution in [2.45, 2.75) is 44.2 Å². The molecule has 1 aromatic carbocycles. The molecule has 1 amide bonds. The zero-order valence-electron chi connectivity index (χ0n) is 11.8. The van der Waals surface area contributed by atoms with Crippen molar-refractivity contribution in [1.29, 1.82) is 0 Å². The van der Waals surface area contributed by atoms with Crippen LogP contribution in [0.5, 0.6) is 0 Å². The highest BCUT2D eigenvalue weighted by atomic mass is 35.5. The Bertz CT molecular complexity index is 519. The molecule has 20 heavy (non-hydrogen) atoms. The van der Waals surface area contributed by atoms with Crippen LogP contribution in [0.3, 0.4) is 0 Å². The second kappa shape index (κ2) is 5.38. The molecule has 4 heteroatoms. The fourth-order valence-corrected chi connectivity index (χ4v) is 3.52. The molecule has 2 N–H and O–H groups in total. The number of piperidine rings is 1. The van der Waals surface area contributed by atoms with Crippen LogP contribution in [-0.2, 0) is 4.79 Å². The minimum Gasteiger partial charge on any atom is -0.340 e. The molecule has 1 aliphatic heterocycles. The number of hydrogen-bond donors (Lipinski definition) is 1. The van der Waals surface area contributed by atoms with Crippen molar-refractivity contribution in [1.82, 2.24) is 4.90 Å². The van der Waals surface area contributed by atoms with Gasteiger partial charge >= 0.3 is 0 Å². The molecule has 1 aliphatic carbocycles. The van der Waals surface area contributed by atoms with E-state index in [0.717, 1.165) is 30.8 Å². The van der Waals surface area contributed by atoms with Crippen LogP contribution < -0.4 is 5.73 Å². The van der Waals surface area contributed by atoms with Gasteiger partial charge < -0.3 is 10.6 Å². The molecule has 3 rings (SSSR count). The van der Waals surface area contributed by atoms with Gasteiger partial charge in [0.1, 0.15) is 0 Å². The van der Waals surface area contributed by atoms with Gasteiger partial charge in [0.25, 0.3) is 0 Å². The lowest BCUT2D eigenvalue weighted by atomic mass is 9.98. The molecule has 0 aromatic heterocycles. The molecule has 2 fully saturated rings. The number of nitrogens with zero attached hydrogens (tertiary/aromatic N) is 1. The molecule has 1 saturated heterocycles. The lowest BCUT2D eigenvalue weighted by Crippen LogP contribution is -2.49. The van der Waals surface area contributed by atoms with Crippen molar-refractivity contribution in [2.75, 3.05) is 6.54 Å². The number of halogens is 1. The Morgan fingerprint density at radius 3 is 2.90 bits per heavy atom. The van der Waals surface area contributed by atoms with E-state index in [-0.39, 0.29) is 18.0 Å². The quantitative estimate of drug-likeness (QED) is 0.911. The van der Waals surface area contributed by atoms with Gasteiger partial charge in [-0.25, -0.2) is 0 Å². The normalized spacial score (nSPS) is 33.0. The maximum Gasteiger partial charge on any atom is 0.226 e. The first kappa shape index (κ1) is 13.9. The van der Waals surface area contributed by atoms with E-state index in [1.165, 1.54) is 5.56 Å². The van der Waals surface area contributed by atoms with E-state index in [1.54, 1.807) is 0 Å². The summed E-state index contributed by atoms with van der Waals surface area (Å²) in [6.45, 7) is 2.91. The first-order valence-electron chi connectivity index (χ1n) is 7.38. The van der Waals surface area contributed by atoms with Crippen molar-refractivity contribution in [3.05, 3.63) is 34.9 Å². The summed E-state index contributed by atoms with van der Waals surface area (Å²) in [6.07, 6.45) is 2.79. The Morgan fingerprint density at radius 1 is 1.40 bits per heavy atom. The van der Waals surface area contributed by atoms with Gasteiger partial charge in [0.2, 0.25) is 5.91 Å². The summed E-state index contributed by atoms with van der Waals surface area (Å²) >= 11 is 6.02. The maximum atomic E-state index is 12.6. The molecule has 2 aliphatic rings. The molecule has 0 spiro atoms. The zero-order valence-corrected chi connectivity index (χ0v) is 12.5. The number of nitrogens with two attached hydrogens (primary N) is 1. The van der Waals surface area contributed by atoms with E-state index < -0.39 is 0 Å². The highest BCUT2D eigenvalue weighted by Crippen LogP contribution is 2.49. The number of hydrogen-bond acceptors (Lipinski definition) is 2. The highest BCUT2D eigenvalue weighted by Gasteiger charge is 2.47. The zero-order chi connectivity index (χ0) is 14.3. The van der Waals surface area contributed by atoms with Crippen LogP contribution in [0.15, 0.2) is 24.3 Å². The molecular weight excluding hydrogens is 272 g/mol. The van der Waals surface area contributed by atoms with Crippen LogP contribution >= 0.6 is 11.6 Å². The van der Waals surface area contributed by atoms with Crippen LogP contribution in [0.1, 0.15) is 37.7 Å². The molecule has 1 heterocycles. The third kappa shape index (κ3) is 2.70. The van der Waals surface area contributed by atoms with Gasteiger partial charge in [0, 0.05) is 29.6 Å². The van der Waals surface area contributed by atoms with Gasteiger partial charge in [-0.3, -0.25) is 4.79 Å². The molecule has 4 atom stereocenters. The number of carbonyl (C=O) groups excluding carboxylic acids is 1. The molecule has 0 unspecified atom stereocenters. The third-order valence-corrected chi connectivity index (χ3v) is 4.82. The lowest BCUT2D eigenvalue weighted by molar-refractivity contribution is -0.136. The van der Waals surface area contributed by atoms with Crippen LogP contribution in [-0.4, -0.2) is 29.4 Å². The summed E-state index contributed by atoms with van der Waals surface area (Å²) < 4.78 is 0. The Labute approximate surface area is 125 Å². The highest BCUT2D eigenvalue weighted by molar-refractivity contribution is 6.30. The number of rotatable bonds is 2. The van der Waals surface area contributed by atoms with E-state index in [0.29, 0.717) is 11.8 Å². The minimum absolute atomic E-state index is 0.144. The standard InChI is InChI=1S/C16H21ClN2O/c1-10-7-13(18)5-6-19(10)16(20)15-9-14(15)11-3-2-4-12(17)8-11/h2-4,8,10,13-15H,5-7,9,18H2,1H3/t10-,13-,14+,15+/m1/s1. The first-order valence-corrected chi connectivity index (χ1v) is 7.75. The summed E-state index contributed by atoms with van der Waals surface area (Å²) in [7, 11) is 0. The van der Waals surface area contributed by atoms with Crippen molar-refractivity contribution >= 4 is 17.5 Å².